The van der Waals surface area contributed by atoms with Crippen LogP contribution in [0.15, 0.2) is 40.4 Å². The van der Waals surface area contributed by atoms with Crippen molar-refractivity contribution in [1.29, 1.82) is 0 Å². The van der Waals surface area contributed by atoms with Gasteiger partial charge in [-0.05, 0) is 58.2 Å². The number of aryl methyl sites for hydroxylation is 2. The lowest BCUT2D eigenvalue weighted by Crippen LogP contribution is -2.48. The molecule has 44 heavy (non-hydrogen) atoms. The van der Waals surface area contributed by atoms with Crippen LogP contribution in [0.4, 0.5) is 0 Å². The molecule has 1 saturated heterocycles. The van der Waals surface area contributed by atoms with Crippen LogP contribution < -0.4 is 10.6 Å². The molecule has 1 aliphatic heterocycles. The number of thiazole rings is 1. The third-order valence-corrected chi connectivity index (χ3v) is 8.67. The van der Waals surface area contributed by atoms with E-state index in [0.717, 1.165) is 34.7 Å². The van der Waals surface area contributed by atoms with Crippen molar-refractivity contribution in [1.82, 2.24) is 25.7 Å². The molecule has 1 aromatic carbocycles. The lowest BCUT2D eigenvalue weighted by molar-refractivity contribution is -0.140. The monoisotopic (exact) mass is 627 g/mol. The van der Waals surface area contributed by atoms with Crippen molar-refractivity contribution in [3.63, 3.8) is 0 Å². The van der Waals surface area contributed by atoms with Crippen LogP contribution in [-0.4, -0.2) is 92.7 Å². The smallest absolute Gasteiger partial charge is 0.243 e. The number of likely N-dealkylation sites (N-methyl/N-ethyl adjacent to an activating group) is 1. The Morgan fingerprint density at radius 2 is 1.77 bits per heavy atom. The number of aromatic nitrogens is 2. The first-order chi connectivity index (χ1) is 21.4. The minimum Gasteiger partial charge on any atom is -0.379 e. The summed E-state index contributed by atoms with van der Waals surface area (Å²) in [5.74, 6) is -0.399. The van der Waals surface area contributed by atoms with Crippen LogP contribution in [0.1, 0.15) is 60.9 Å². The fourth-order valence-electron chi connectivity index (χ4n) is 5.25. The molecule has 0 bridgehead atoms. The predicted octanol–water partition coefficient (Wildman–Crippen LogP) is 4.03. The first-order valence-corrected chi connectivity index (χ1v) is 16.2. The van der Waals surface area contributed by atoms with Crippen molar-refractivity contribution in [2.24, 2.45) is 0 Å². The van der Waals surface area contributed by atoms with Crippen molar-refractivity contribution < 1.29 is 28.3 Å². The van der Waals surface area contributed by atoms with Gasteiger partial charge in [-0.3, -0.25) is 9.59 Å². The fourth-order valence-corrected chi connectivity index (χ4v) is 6.06. The summed E-state index contributed by atoms with van der Waals surface area (Å²) >= 11 is 1.61. The molecule has 0 saturated carbocycles. The third-order valence-electron chi connectivity index (χ3n) is 7.69. The highest BCUT2D eigenvalue weighted by molar-refractivity contribution is 7.13. The van der Waals surface area contributed by atoms with Gasteiger partial charge in [0.2, 0.25) is 11.8 Å². The van der Waals surface area contributed by atoms with E-state index in [4.69, 9.17) is 18.7 Å². The molecule has 3 heterocycles. The third kappa shape index (κ3) is 9.42. The molecule has 1 unspecified atom stereocenters. The van der Waals surface area contributed by atoms with E-state index in [-0.39, 0.29) is 17.9 Å². The molecule has 0 radical (unpaired) electrons. The summed E-state index contributed by atoms with van der Waals surface area (Å²) in [6, 6.07) is 9.21. The minimum absolute atomic E-state index is 0.144. The number of rotatable bonds is 18. The minimum atomic E-state index is -0.591. The second-order valence-corrected chi connectivity index (χ2v) is 11.8. The molecule has 4 rings (SSSR count). The van der Waals surface area contributed by atoms with Gasteiger partial charge in [-0.2, -0.15) is 0 Å². The number of ether oxygens (including phenoxy) is 3. The van der Waals surface area contributed by atoms with Gasteiger partial charge in [0.1, 0.15) is 17.7 Å². The lowest BCUT2D eigenvalue weighted by Gasteiger charge is -2.28. The summed E-state index contributed by atoms with van der Waals surface area (Å²) in [7, 11) is 1.88. The summed E-state index contributed by atoms with van der Waals surface area (Å²) in [6.07, 6.45) is 1.78. The molecule has 240 valence electrons. The Hall–Kier alpha value is -3.16. The SMILES string of the molecule is CNCCOCCOCCOCCC(C(=O)N1CCC[C@H]1C(=O)N[C@@H](C)c1ccc(-c2scnc2C)cc1)c1cc(C)no1. The van der Waals surface area contributed by atoms with Gasteiger partial charge in [0.15, 0.2) is 0 Å². The zero-order chi connectivity index (χ0) is 31.3. The highest BCUT2D eigenvalue weighted by Crippen LogP contribution is 2.30. The Labute approximate surface area is 263 Å². The number of nitrogens with zero attached hydrogens (tertiary/aromatic N) is 3. The maximum atomic E-state index is 13.9. The Morgan fingerprint density at radius 3 is 2.41 bits per heavy atom. The molecule has 2 amide bonds. The van der Waals surface area contributed by atoms with E-state index >= 15 is 0 Å². The summed E-state index contributed by atoms with van der Waals surface area (Å²) in [5.41, 5.74) is 5.66. The number of benzene rings is 1. The average Bonchev–Trinajstić information content (AvgIpc) is 3.79. The van der Waals surface area contributed by atoms with Crippen LogP contribution in [0.25, 0.3) is 10.4 Å². The molecule has 3 aromatic rings. The van der Waals surface area contributed by atoms with E-state index in [2.05, 4.69) is 32.9 Å². The van der Waals surface area contributed by atoms with Crippen molar-refractivity contribution in [2.45, 2.75) is 58.0 Å². The van der Waals surface area contributed by atoms with Crippen molar-refractivity contribution >= 4 is 23.2 Å². The zero-order valence-corrected chi connectivity index (χ0v) is 27.0. The Kier molecular flexibility index (Phi) is 13.3. The van der Waals surface area contributed by atoms with Gasteiger partial charge >= 0.3 is 0 Å². The van der Waals surface area contributed by atoms with Crippen LogP contribution in [0.5, 0.6) is 0 Å². The van der Waals surface area contributed by atoms with E-state index in [1.54, 1.807) is 22.3 Å². The second kappa shape index (κ2) is 17.4. The Bertz CT molecular complexity index is 1310. The summed E-state index contributed by atoms with van der Waals surface area (Å²) < 4.78 is 22.3. The summed E-state index contributed by atoms with van der Waals surface area (Å²) in [6.45, 7) is 9.98. The van der Waals surface area contributed by atoms with Gasteiger partial charge in [0.05, 0.1) is 60.9 Å². The van der Waals surface area contributed by atoms with E-state index in [9.17, 15) is 9.59 Å². The van der Waals surface area contributed by atoms with Gasteiger partial charge in [-0.15, -0.1) is 11.3 Å². The number of likely N-dealkylation sites (tertiary alicyclic amines) is 1. The number of hydrogen-bond acceptors (Lipinski definition) is 10. The van der Waals surface area contributed by atoms with E-state index in [1.165, 1.54) is 0 Å². The number of nitrogens with one attached hydrogen (secondary N) is 2. The van der Waals surface area contributed by atoms with E-state index in [0.29, 0.717) is 70.5 Å². The lowest BCUT2D eigenvalue weighted by atomic mass is 9.99. The largest absolute Gasteiger partial charge is 0.379 e. The first kappa shape index (κ1) is 33.7. The summed E-state index contributed by atoms with van der Waals surface area (Å²) in [5, 5.41) is 10.2. The van der Waals surface area contributed by atoms with Crippen LogP contribution in [-0.2, 0) is 23.8 Å². The molecule has 2 N–H and O–H groups in total. The highest BCUT2D eigenvalue weighted by Gasteiger charge is 2.39. The van der Waals surface area contributed by atoms with Crippen molar-refractivity contribution in [3.05, 3.63) is 58.6 Å². The number of hydrogen-bond donors (Lipinski definition) is 2. The molecule has 0 aliphatic carbocycles. The van der Waals surface area contributed by atoms with Gasteiger partial charge in [-0.1, -0.05) is 29.4 Å². The molecule has 11 nitrogen and oxygen atoms in total. The van der Waals surface area contributed by atoms with Gasteiger partial charge < -0.3 is 34.3 Å². The van der Waals surface area contributed by atoms with Gasteiger partial charge in [0.25, 0.3) is 0 Å². The van der Waals surface area contributed by atoms with Gasteiger partial charge in [0, 0.05) is 25.8 Å². The Balaban J connectivity index is 1.29. The number of amides is 2. The molecular formula is C32H45N5O6S. The predicted molar refractivity (Wildman–Crippen MR) is 169 cm³/mol. The highest BCUT2D eigenvalue weighted by atomic mass is 32.1. The molecule has 0 spiro atoms. The summed E-state index contributed by atoms with van der Waals surface area (Å²) in [4.78, 5) is 34.5. The number of carbonyl (C=O) groups excluding carboxylic acids is 2. The second-order valence-electron chi connectivity index (χ2n) is 11.0. The maximum Gasteiger partial charge on any atom is 0.243 e. The quantitative estimate of drug-likeness (QED) is 0.201. The van der Waals surface area contributed by atoms with Crippen molar-refractivity contribution in [3.8, 4) is 10.4 Å². The molecule has 12 heteroatoms. The maximum absolute atomic E-state index is 13.9. The van der Waals surface area contributed by atoms with Crippen LogP contribution in [0, 0.1) is 13.8 Å². The van der Waals surface area contributed by atoms with E-state index in [1.807, 2.05) is 45.5 Å². The van der Waals surface area contributed by atoms with Crippen LogP contribution in [0.2, 0.25) is 0 Å². The van der Waals surface area contributed by atoms with Crippen molar-refractivity contribution in [2.75, 3.05) is 59.8 Å². The first-order valence-electron chi connectivity index (χ1n) is 15.3. The van der Waals surface area contributed by atoms with Crippen LogP contribution in [0.3, 0.4) is 0 Å². The zero-order valence-electron chi connectivity index (χ0n) is 26.2. The molecule has 1 fully saturated rings. The fraction of sp³-hybridized carbons (Fsp3) is 0.562. The normalized spacial score (nSPS) is 16.3. The average molecular weight is 628 g/mol. The molecule has 2 aromatic heterocycles. The topological polar surface area (TPSA) is 128 Å². The number of carbonyl (C=O) groups is 2. The molecular weight excluding hydrogens is 582 g/mol. The van der Waals surface area contributed by atoms with Gasteiger partial charge in [-0.25, -0.2) is 4.98 Å². The standard InChI is InChI=1S/C32H45N5O6S/c1-22-20-29(43-36-22)27(11-14-40-16-18-42-19-17-41-15-12-33-4)32(39)37-13-5-6-28(37)31(38)35-23(2)25-7-9-26(10-8-25)30-24(3)34-21-44-30/h7-10,20-21,23,27-28,33H,5-6,11-19H2,1-4H3,(H,35,38)/t23-,27?,28-/m0/s1. The Morgan fingerprint density at radius 1 is 1.07 bits per heavy atom. The van der Waals surface area contributed by atoms with Crippen LogP contribution >= 0.6 is 11.3 Å². The molecule has 1 aliphatic rings. The van der Waals surface area contributed by atoms with E-state index < -0.39 is 12.0 Å². The molecule has 3 atom stereocenters.